The van der Waals surface area contributed by atoms with E-state index in [4.69, 9.17) is 0 Å². The summed E-state index contributed by atoms with van der Waals surface area (Å²) in [6.07, 6.45) is -5.00. The normalized spacial score (nSPS) is 21.9. The zero-order valence-corrected chi connectivity index (χ0v) is 17.9. The van der Waals surface area contributed by atoms with Crippen LogP contribution in [0.5, 0.6) is 0 Å². The first-order valence-corrected chi connectivity index (χ1v) is 10.5. The van der Waals surface area contributed by atoms with E-state index in [0.29, 0.717) is 36.6 Å². The van der Waals surface area contributed by atoms with Crippen LogP contribution in [0.4, 0.5) is 23.7 Å². The number of nitrogens with one attached hydrogen (secondary N) is 1. The Balaban J connectivity index is 1.45. The van der Waals surface area contributed by atoms with Gasteiger partial charge in [-0.2, -0.15) is 13.2 Å². The molecule has 0 saturated carbocycles. The number of Topliss-reactive ketones (excluding diaryl/α,β-unsaturated/α-hetero) is 1. The predicted octanol–water partition coefficient (Wildman–Crippen LogP) is 2.98. The number of rotatable bonds is 5. The molecule has 7 nitrogen and oxygen atoms in total. The van der Waals surface area contributed by atoms with Gasteiger partial charge in [0.25, 0.3) is 5.91 Å². The Morgan fingerprint density at radius 2 is 1.58 bits per heavy atom. The molecule has 2 saturated heterocycles. The van der Waals surface area contributed by atoms with Gasteiger partial charge in [0, 0.05) is 37.4 Å². The van der Waals surface area contributed by atoms with Gasteiger partial charge in [-0.25, -0.2) is 9.69 Å². The average molecular weight is 460 g/mol. The molecule has 2 aromatic carbocycles. The fraction of sp³-hybridized carbons (Fsp3) is 0.348. The first kappa shape index (κ1) is 22.8. The van der Waals surface area contributed by atoms with Crippen LogP contribution in [0, 0.1) is 0 Å². The highest BCUT2D eigenvalue weighted by molar-refractivity contribution is 6.08. The zero-order valence-electron chi connectivity index (χ0n) is 17.9. The molecule has 1 atom stereocenters. The second-order valence-electron chi connectivity index (χ2n) is 8.13. The highest BCUT2D eigenvalue weighted by Crippen LogP contribution is 2.43. The largest absolute Gasteiger partial charge is 0.425 e. The van der Waals surface area contributed by atoms with Crippen LogP contribution in [0.3, 0.4) is 0 Å². The van der Waals surface area contributed by atoms with Crippen LogP contribution in [0.1, 0.15) is 22.8 Å². The summed E-state index contributed by atoms with van der Waals surface area (Å²) in [4.78, 5) is 41.4. The first-order valence-electron chi connectivity index (χ1n) is 10.5. The number of imide groups is 1. The second kappa shape index (κ2) is 8.51. The van der Waals surface area contributed by atoms with Crippen LogP contribution >= 0.6 is 0 Å². The smallest absolute Gasteiger partial charge is 0.369 e. The Bertz CT molecular complexity index is 1050. The Hall–Kier alpha value is -3.40. The van der Waals surface area contributed by atoms with E-state index >= 15 is 0 Å². The SMILES string of the molecule is CC(=O)c1ccc(N2CCN(CN3C(=O)NC(c4ccccc4)(C(F)(F)F)C3=O)CC2)cc1. The zero-order chi connectivity index (χ0) is 23.8. The molecule has 1 unspecified atom stereocenters. The number of carbonyl (C=O) groups is 3. The summed E-state index contributed by atoms with van der Waals surface area (Å²) in [5, 5.41) is 1.91. The van der Waals surface area contributed by atoms with Crippen molar-refractivity contribution in [2.24, 2.45) is 0 Å². The lowest BCUT2D eigenvalue weighted by Gasteiger charge is -2.37. The maximum atomic E-state index is 14.1. The summed E-state index contributed by atoms with van der Waals surface area (Å²) in [5.74, 6) is -1.35. The molecule has 1 N–H and O–H groups in total. The van der Waals surface area contributed by atoms with Crippen LogP contribution in [-0.2, 0) is 10.3 Å². The van der Waals surface area contributed by atoms with E-state index in [1.54, 1.807) is 23.1 Å². The lowest BCUT2D eigenvalue weighted by Crippen LogP contribution is -2.56. The predicted molar refractivity (Wildman–Crippen MR) is 115 cm³/mol. The van der Waals surface area contributed by atoms with E-state index in [9.17, 15) is 27.6 Å². The minimum Gasteiger partial charge on any atom is -0.369 e. The Kier molecular flexibility index (Phi) is 5.87. The number of nitrogens with zero attached hydrogens (tertiary/aromatic N) is 3. The van der Waals surface area contributed by atoms with Gasteiger partial charge in [0.2, 0.25) is 5.54 Å². The van der Waals surface area contributed by atoms with Gasteiger partial charge >= 0.3 is 12.2 Å². The van der Waals surface area contributed by atoms with Crippen molar-refractivity contribution in [1.82, 2.24) is 15.1 Å². The molecule has 10 heteroatoms. The molecule has 174 valence electrons. The number of amides is 3. The third kappa shape index (κ3) is 4.06. The molecule has 4 rings (SSSR count). The van der Waals surface area contributed by atoms with Crippen LogP contribution in [-0.4, -0.2) is 66.5 Å². The maximum absolute atomic E-state index is 14.1. The lowest BCUT2D eigenvalue weighted by atomic mass is 9.89. The van der Waals surface area contributed by atoms with Gasteiger partial charge in [0.15, 0.2) is 5.78 Å². The molecule has 0 aromatic heterocycles. The number of piperazine rings is 1. The molecule has 0 aliphatic carbocycles. The van der Waals surface area contributed by atoms with Gasteiger partial charge in [0.1, 0.15) is 0 Å². The molecule has 0 bridgehead atoms. The van der Waals surface area contributed by atoms with Crippen LogP contribution in [0.15, 0.2) is 54.6 Å². The van der Waals surface area contributed by atoms with Gasteiger partial charge in [0.05, 0.1) is 6.67 Å². The number of benzene rings is 2. The third-order valence-electron chi connectivity index (χ3n) is 6.09. The van der Waals surface area contributed by atoms with Crippen molar-refractivity contribution >= 4 is 23.4 Å². The van der Waals surface area contributed by atoms with Crippen molar-refractivity contribution in [2.75, 3.05) is 37.7 Å². The number of halogens is 3. The van der Waals surface area contributed by atoms with Gasteiger partial charge in [-0.05, 0) is 36.8 Å². The standard InChI is InChI=1S/C23H23F3N4O3/c1-16(31)17-7-9-19(10-8-17)29-13-11-28(12-14-29)15-30-20(32)22(23(24,25)26,27-21(30)33)18-5-3-2-4-6-18/h2-10H,11-15H2,1H3,(H,27,33). The number of ketones is 1. The quantitative estimate of drug-likeness (QED) is 0.549. The molecule has 2 aliphatic heterocycles. The second-order valence-corrected chi connectivity index (χ2v) is 8.13. The van der Waals surface area contributed by atoms with E-state index in [1.165, 1.54) is 31.2 Å². The van der Waals surface area contributed by atoms with Gasteiger partial charge in [-0.3, -0.25) is 14.5 Å². The summed E-state index contributed by atoms with van der Waals surface area (Å²) < 4.78 is 42.3. The van der Waals surface area contributed by atoms with Gasteiger partial charge in [-0.15, -0.1) is 0 Å². The maximum Gasteiger partial charge on any atom is 0.425 e. The number of hydrogen-bond acceptors (Lipinski definition) is 5. The van der Waals surface area contributed by atoms with E-state index in [0.717, 1.165) is 5.69 Å². The molecule has 0 radical (unpaired) electrons. The molecule has 2 fully saturated rings. The summed E-state index contributed by atoms with van der Waals surface area (Å²) in [5.41, 5.74) is -1.87. The highest BCUT2D eigenvalue weighted by atomic mass is 19.4. The topological polar surface area (TPSA) is 73.0 Å². The van der Waals surface area contributed by atoms with Crippen molar-refractivity contribution in [3.63, 3.8) is 0 Å². The summed E-state index contributed by atoms with van der Waals surface area (Å²) in [6, 6.07) is 12.8. The molecule has 2 heterocycles. The minimum atomic E-state index is -5.00. The first-order chi connectivity index (χ1) is 15.6. The van der Waals surface area contributed by atoms with E-state index in [-0.39, 0.29) is 18.0 Å². The van der Waals surface area contributed by atoms with E-state index in [1.807, 2.05) is 17.4 Å². The lowest BCUT2D eigenvalue weighted by molar-refractivity contribution is -0.198. The summed E-state index contributed by atoms with van der Waals surface area (Å²) >= 11 is 0. The van der Waals surface area contributed by atoms with Crippen LogP contribution in [0.2, 0.25) is 0 Å². The molecule has 3 amide bonds. The summed E-state index contributed by atoms with van der Waals surface area (Å²) in [6.45, 7) is 3.30. The fourth-order valence-corrected chi connectivity index (χ4v) is 4.20. The number of carbonyl (C=O) groups excluding carboxylic acids is 3. The molecular formula is C23H23F3N4O3. The average Bonchev–Trinajstić information content (AvgIpc) is 3.06. The molecular weight excluding hydrogens is 437 g/mol. The number of urea groups is 1. The van der Waals surface area contributed by atoms with Gasteiger partial charge < -0.3 is 10.2 Å². The van der Waals surface area contributed by atoms with Gasteiger partial charge in [-0.1, -0.05) is 30.3 Å². The van der Waals surface area contributed by atoms with Crippen molar-refractivity contribution < 1.29 is 27.6 Å². The number of hydrogen-bond donors (Lipinski definition) is 1. The monoisotopic (exact) mass is 460 g/mol. The van der Waals surface area contributed by atoms with Crippen molar-refractivity contribution in [1.29, 1.82) is 0 Å². The Morgan fingerprint density at radius 1 is 0.970 bits per heavy atom. The molecule has 2 aliphatic rings. The van der Waals surface area contributed by atoms with Crippen LogP contribution in [0.25, 0.3) is 0 Å². The van der Waals surface area contributed by atoms with Crippen molar-refractivity contribution in [3.05, 3.63) is 65.7 Å². The minimum absolute atomic E-state index is 0.0228. The molecule has 33 heavy (non-hydrogen) atoms. The summed E-state index contributed by atoms with van der Waals surface area (Å²) in [7, 11) is 0. The molecule has 2 aromatic rings. The van der Waals surface area contributed by atoms with Crippen LogP contribution < -0.4 is 10.2 Å². The highest BCUT2D eigenvalue weighted by Gasteiger charge is 2.68. The Labute approximate surface area is 188 Å². The molecule has 0 spiro atoms. The van der Waals surface area contributed by atoms with E-state index in [2.05, 4.69) is 4.90 Å². The Morgan fingerprint density at radius 3 is 2.12 bits per heavy atom. The van der Waals surface area contributed by atoms with Crippen molar-refractivity contribution in [3.8, 4) is 0 Å². The number of anilines is 1. The van der Waals surface area contributed by atoms with Crippen molar-refractivity contribution in [2.45, 2.75) is 18.6 Å². The number of alkyl halides is 3. The fourth-order valence-electron chi connectivity index (χ4n) is 4.20. The van der Waals surface area contributed by atoms with E-state index < -0.39 is 23.7 Å². The third-order valence-corrected chi connectivity index (χ3v) is 6.09.